The third kappa shape index (κ3) is 4.97. The van der Waals surface area contributed by atoms with E-state index in [0.29, 0.717) is 47.0 Å². The first kappa shape index (κ1) is 23.0. The second-order valence-electron chi connectivity index (χ2n) is 7.94. The van der Waals surface area contributed by atoms with Gasteiger partial charge in [-0.25, -0.2) is 4.98 Å². The molecule has 31 heavy (non-hydrogen) atoms. The fraction of sp³-hybridized carbons (Fsp3) is 0.375. The number of carbonyl (C=O) groups excluding carboxylic acids is 1. The third-order valence-corrected chi connectivity index (χ3v) is 5.51. The van der Waals surface area contributed by atoms with Gasteiger partial charge in [0.2, 0.25) is 0 Å². The topological polar surface area (TPSA) is 64.4 Å². The van der Waals surface area contributed by atoms with E-state index in [4.69, 9.17) is 21.3 Å². The molecule has 1 heterocycles. The zero-order valence-electron chi connectivity index (χ0n) is 18.3. The Hall–Kier alpha value is -2.70. The third-order valence-electron chi connectivity index (χ3n) is 5.18. The Labute approximate surface area is 187 Å². The highest BCUT2D eigenvalue weighted by Crippen LogP contribution is 2.26. The van der Waals surface area contributed by atoms with E-state index in [1.165, 1.54) is 0 Å². The number of fused-ring (bicyclic) bond motifs is 1. The van der Waals surface area contributed by atoms with E-state index >= 15 is 0 Å². The van der Waals surface area contributed by atoms with Crippen molar-refractivity contribution in [1.29, 1.82) is 0 Å². The molecular weight excluding hydrogens is 414 g/mol. The predicted octanol–water partition coefficient (Wildman–Crippen LogP) is 4.56. The minimum Gasteiger partial charge on any atom is -0.383 e. The Balaban J connectivity index is 2.14. The number of ether oxygens (including phenoxy) is 1. The van der Waals surface area contributed by atoms with E-state index in [2.05, 4.69) is 0 Å². The number of hydrogen-bond acceptors (Lipinski definition) is 4. The first-order chi connectivity index (χ1) is 14.8. The van der Waals surface area contributed by atoms with Crippen LogP contribution in [0.5, 0.6) is 0 Å². The monoisotopic (exact) mass is 441 g/mol. The Morgan fingerprint density at radius 1 is 1.13 bits per heavy atom. The highest BCUT2D eigenvalue weighted by Gasteiger charge is 2.28. The van der Waals surface area contributed by atoms with Crippen LogP contribution < -0.4 is 5.56 Å². The molecule has 1 aromatic heterocycles. The molecule has 3 rings (SSSR count). The van der Waals surface area contributed by atoms with Gasteiger partial charge in [-0.15, -0.1) is 0 Å². The molecule has 164 valence electrons. The van der Waals surface area contributed by atoms with E-state index in [1.807, 2.05) is 39.0 Å². The number of methoxy groups -OCH3 is 1. The van der Waals surface area contributed by atoms with Gasteiger partial charge in [-0.05, 0) is 37.1 Å². The largest absolute Gasteiger partial charge is 0.383 e. The highest BCUT2D eigenvalue weighted by molar-refractivity contribution is 6.33. The van der Waals surface area contributed by atoms with Crippen molar-refractivity contribution in [3.05, 3.63) is 75.3 Å². The van der Waals surface area contributed by atoms with Gasteiger partial charge in [0, 0.05) is 13.7 Å². The molecule has 0 aliphatic rings. The summed E-state index contributed by atoms with van der Waals surface area (Å²) >= 11 is 6.32. The summed E-state index contributed by atoms with van der Waals surface area (Å²) in [4.78, 5) is 33.3. The molecule has 6 nitrogen and oxygen atoms in total. The molecule has 3 aromatic rings. The lowest BCUT2D eigenvalue weighted by molar-refractivity contribution is 0.0651. The number of halogens is 1. The van der Waals surface area contributed by atoms with Gasteiger partial charge < -0.3 is 9.64 Å². The van der Waals surface area contributed by atoms with Crippen molar-refractivity contribution in [2.45, 2.75) is 33.4 Å². The number of para-hydroxylation sites is 1. The molecule has 0 spiro atoms. The maximum atomic E-state index is 13.5. The van der Waals surface area contributed by atoms with Crippen LogP contribution in [0.1, 0.15) is 43.0 Å². The maximum Gasteiger partial charge on any atom is 0.261 e. The fourth-order valence-electron chi connectivity index (χ4n) is 3.64. The van der Waals surface area contributed by atoms with Crippen LogP contribution in [0.2, 0.25) is 5.02 Å². The van der Waals surface area contributed by atoms with Gasteiger partial charge in [-0.1, -0.05) is 49.7 Å². The summed E-state index contributed by atoms with van der Waals surface area (Å²) in [6.07, 6.45) is 0. The van der Waals surface area contributed by atoms with Crippen molar-refractivity contribution >= 4 is 28.4 Å². The number of hydrogen-bond donors (Lipinski definition) is 0. The molecule has 0 aliphatic heterocycles. The standard InChI is InChI=1S/C24H28ClN3O3/c1-16(2)15-28(23(29)18-9-5-7-11-20(18)25)17(3)22-26-21-12-8-6-10-19(21)24(30)27(22)13-14-31-4/h5-12,16-17H,13-15H2,1-4H3. The van der Waals surface area contributed by atoms with Gasteiger partial charge in [0.15, 0.2) is 0 Å². The molecule has 0 aliphatic carbocycles. The minimum atomic E-state index is -0.444. The van der Waals surface area contributed by atoms with Crippen LogP contribution in [0.25, 0.3) is 10.9 Å². The highest BCUT2D eigenvalue weighted by atomic mass is 35.5. The smallest absolute Gasteiger partial charge is 0.261 e. The van der Waals surface area contributed by atoms with Gasteiger partial charge in [0.05, 0.1) is 40.7 Å². The van der Waals surface area contributed by atoms with Crippen molar-refractivity contribution in [1.82, 2.24) is 14.5 Å². The van der Waals surface area contributed by atoms with E-state index in [9.17, 15) is 9.59 Å². The SMILES string of the molecule is COCCn1c(C(C)N(CC(C)C)C(=O)c2ccccc2Cl)nc2ccccc2c1=O. The fourth-order valence-corrected chi connectivity index (χ4v) is 3.86. The second-order valence-corrected chi connectivity index (χ2v) is 8.35. The van der Waals surface area contributed by atoms with Gasteiger partial charge in [0.1, 0.15) is 5.82 Å². The van der Waals surface area contributed by atoms with Crippen LogP contribution in [0.3, 0.4) is 0 Å². The number of aromatic nitrogens is 2. The average Bonchev–Trinajstić information content (AvgIpc) is 2.76. The molecule has 2 aromatic carbocycles. The summed E-state index contributed by atoms with van der Waals surface area (Å²) in [6.45, 7) is 7.21. The van der Waals surface area contributed by atoms with Gasteiger partial charge in [-0.2, -0.15) is 0 Å². The number of benzene rings is 2. The van der Waals surface area contributed by atoms with Gasteiger partial charge in [0.25, 0.3) is 11.5 Å². The van der Waals surface area contributed by atoms with Gasteiger partial charge in [-0.3, -0.25) is 14.2 Å². The van der Waals surface area contributed by atoms with Crippen LogP contribution >= 0.6 is 11.6 Å². The lowest BCUT2D eigenvalue weighted by atomic mass is 10.1. The summed E-state index contributed by atoms with van der Waals surface area (Å²) in [5.74, 6) is 0.558. The van der Waals surface area contributed by atoms with E-state index in [-0.39, 0.29) is 17.4 Å². The Morgan fingerprint density at radius 3 is 2.48 bits per heavy atom. The molecule has 0 bridgehead atoms. The van der Waals surface area contributed by atoms with E-state index < -0.39 is 6.04 Å². The van der Waals surface area contributed by atoms with Crippen molar-refractivity contribution < 1.29 is 9.53 Å². The molecule has 0 N–H and O–H groups in total. The van der Waals surface area contributed by atoms with E-state index in [1.54, 1.807) is 46.9 Å². The summed E-state index contributed by atoms with van der Waals surface area (Å²) in [5.41, 5.74) is 0.903. The zero-order chi connectivity index (χ0) is 22.5. The zero-order valence-corrected chi connectivity index (χ0v) is 19.1. The Morgan fingerprint density at radius 2 is 1.81 bits per heavy atom. The Kier molecular flexibility index (Phi) is 7.46. The molecule has 0 radical (unpaired) electrons. The first-order valence-corrected chi connectivity index (χ1v) is 10.8. The van der Waals surface area contributed by atoms with Crippen molar-refractivity contribution in [2.75, 3.05) is 20.3 Å². The molecule has 1 amide bonds. The predicted molar refractivity (Wildman–Crippen MR) is 124 cm³/mol. The summed E-state index contributed by atoms with van der Waals surface area (Å²) in [5, 5.41) is 0.944. The van der Waals surface area contributed by atoms with Gasteiger partial charge >= 0.3 is 0 Å². The average molecular weight is 442 g/mol. The lowest BCUT2D eigenvalue weighted by Gasteiger charge is -2.32. The number of carbonyl (C=O) groups is 1. The van der Waals surface area contributed by atoms with Crippen LogP contribution in [0.4, 0.5) is 0 Å². The minimum absolute atomic E-state index is 0.140. The molecule has 0 fully saturated rings. The molecule has 7 heteroatoms. The summed E-state index contributed by atoms with van der Waals surface area (Å²) < 4.78 is 6.83. The Bertz CT molecular complexity index is 1130. The van der Waals surface area contributed by atoms with Crippen molar-refractivity contribution in [3.63, 3.8) is 0 Å². The van der Waals surface area contributed by atoms with Crippen LogP contribution in [0.15, 0.2) is 53.3 Å². The number of rotatable bonds is 8. The summed E-state index contributed by atoms with van der Waals surface area (Å²) in [7, 11) is 1.59. The van der Waals surface area contributed by atoms with Crippen LogP contribution in [-0.4, -0.2) is 40.6 Å². The van der Waals surface area contributed by atoms with Crippen LogP contribution in [-0.2, 0) is 11.3 Å². The van der Waals surface area contributed by atoms with Crippen molar-refractivity contribution in [3.8, 4) is 0 Å². The first-order valence-electron chi connectivity index (χ1n) is 10.4. The molecule has 1 atom stereocenters. The molecule has 1 unspecified atom stereocenters. The summed E-state index contributed by atoms with van der Waals surface area (Å²) in [6, 6.07) is 13.8. The molecule has 0 saturated carbocycles. The van der Waals surface area contributed by atoms with E-state index in [0.717, 1.165) is 0 Å². The maximum absolute atomic E-state index is 13.5. The molecule has 0 saturated heterocycles. The second kappa shape index (κ2) is 10.1. The quantitative estimate of drug-likeness (QED) is 0.514. The molecular formula is C24H28ClN3O3. The lowest BCUT2D eigenvalue weighted by Crippen LogP contribution is -2.40. The van der Waals surface area contributed by atoms with Crippen LogP contribution in [0, 0.1) is 5.92 Å². The van der Waals surface area contributed by atoms with Crippen molar-refractivity contribution in [2.24, 2.45) is 5.92 Å². The number of amides is 1. The number of nitrogens with zero attached hydrogens (tertiary/aromatic N) is 3. The normalized spacial score (nSPS) is 12.3.